The molecule has 1 aliphatic heterocycles. The summed E-state index contributed by atoms with van der Waals surface area (Å²) in [7, 11) is 0. The maximum Gasteiger partial charge on any atom is 0.573 e. The molecule has 142 valence electrons. The van der Waals surface area contributed by atoms with Crippen LogP contribution in [-0.4, -0.2) is 30.7 Å². The number of nitrogens with zero attached hydrogens (tertiary/aromatic N) is 1. The monoisotopic (exact) mass is 378 g/mol. The first-order valence-electron chi connectivity index (χ1n) is 8.60. The number of fused-ring (bicyclic) bond motifs is 1. The standard InChI is InChI=1S/C19H17F3N2O3/c20-19(21,22)26-15-6-3-12(4-7-15)13-5-8-17-16(10-13)18(24-27-17)25-11-14-2-1-9-23-14/h3-8,10,14,23H,1-2,9,11H2/t14-/m1/s1. The smallest absolute Gasteiger partial charge is 0.473 e. The van der Waals surface area contributed by atoms with Gasteiger partial charge in [0.05, 0.1) is 5.39 Å². The first-order chi connectivity index (χ1) is 13.0. The van der Waals surface area contributed by atoms with E-state index in [2.05, 4.69) is 15.2 Å². The van der Waals surface area contributed by atoms with Crippen LogP contribution >= 0.6 is 0 Å². The molecule has 0 radical (unpaired) electrons. The van der Waals surface area contributed by atoms with Crippen molar-refractivity contribution in [1.29, 1.82) is 0 Å². The number of hydrogen-bond donors (Lipinski definition) is 1. The summed E-state index contributed by atoms with van der Waals surface area (Å²) in [4.78, 5) is 0. The van der Waals surface area contributed by atoms with Gasteiger partial charge in [0.2, 0.25) is 0 Å². The van der Waals surface area contributed by atoms with Gasteiger partial charge in [-0.25, -0.2) is 0 Å². The van der Waals surface area contributed by atoms with Gasteiger partial charge in [-0.15, -0.1) is 13.2 Å². The van der Waals surface area contributed by atoms with Gasteiger partial charge in [0, 0.05) is 6.04 Å². The molecule has 3 aromatic rings. The molecule has 1 aromatic heterocycles. The Labute approximate surface area is 153 Å². The summed E-state index contributed by atoms with van der Waals surface area (Å²) in [5, 5.41) is 8.05. The fraction of sp³-hybridized carbons (Fsp3) is 0.316. The molecule has 0 amide bonds. The summed E-state index contributed by atoms with van der Waals surface area (Å²) in [6, 6.07) is 11.4. The Kier molecular flexibility index (Phi) is 4.65. The average molecular weight is 378 g/mol. The van der Waals surface area contributed by atoms with Crippen molar-refractivity contribution >= 4 is 11.0 Å². The highest BCUT2D eigenvalue weighted by atomic mass is 19.4. The minimum absolute atomic E-state index is 0.259. The molecule has 2 heterocycles. The minimum atomic E-state index is -4.71. The molecule has 1 N–H and O–H groups in total. The number of aromatic nitrogens is 1. The van der Waals surface area contributed by atoms with E-state index in [4.69, 9.17) is 9.26 Å². The van der Waals surface area contributed by atoms with Crippen molar-refractivity contribution in [3.8, 4) is 22.8 Å². The molecule has 0 aliphatic carbocycles. The zero-order valence-corrected chi connectivity index (χ0v) is 14.3. The van der Waals surface area contributed by atoms with Crippen molar-refractivity contribution in [2.75, 3.05) is 13.2 Å². The van der Waals surface area contributed by atoms with Gasteiger partial charge in [-0.05, 0) is 59.9 Å². The Morgan fingerprint density at radius 3 is 2.59 bits per heavy atom. The van der Waals surface area contributed by atoms with E-state index in [0.29, 0.717) is 24.1 Å². The predicted molar refractivity (Wildman–Crippen MR) is 92.6 cm³/mol. The molecule has 2 aromatic carbocycles. The number of alkyl halides is 3. The molecule has 4 rings (SSSR count). The van der Waals surface area contributed by atoms with Gasteiger partial charge in [0.15, 0.2) is 5.58 Å². The zero-order chi connectivity index (χ0) is 18.9. The van der Waals surface area contributed by atoms with Crippen LogP contribution in [0, 0.1) is 0 Å². The zero-order valence-electron chi connectivity index (χ0n) is 14.3. The second-order valence-corrected chi connectivity index (χ2v) is 6.38. The van der Waals surface area contributed by atoms with E-state index in [9.17, 15) is 13.2 Å². The van der Waals surface area contributed by atoms with E-state index >= 15 is 0 Å². The van der Waals surface area contributed by atoms with Crippen molar-refractivity contribution in [1.82, 2.24) is 10.5 Å². The van der Waals surface area contributed by atoms with Gasteiger partial charge in [-0.1, -0.05) is 18.2 Å². The van der Waals surface area contributed by atoms with E-state index in [1.807, 2.05) is 12.1 Å². The molecular formula is C19H17F3N2O3. The molecule has 1 saturated heterocycles. The van der Waals surface area contributed by atoms with Crippen LogP contribution in [0.25, 0.3) is 22.1 Å². The highest BCUT2D eigenvalue weighted by Crippen LogP contribution is 2.32. The first kappa shape index (κ1) is 17.7. The van der Waals surface area contributed by atoms with Crippen molar-refractivity contribution in [2.45, 2.75) is 25.2 Å². The van der Waals surface area contributed by atoms with Crippen LogP contribution in [0.1, 0.15) is 12.8 Å². The number of hydrogen-bond acceptors (Lipinski definition) is 5. The summed E-state index contributed by atoms with van der Waals surface area (Å²) in [6.07, 6.45) is -2.51. The first-order valence-corrected chi connectivity index (χ1v) is 8.60. The molecule has 8 heteroatoms. The topological polar surface area (TPSA) is 56.5 Å². The van der Waals surface area contributed by atoms with E-state index < -0.39 is 6.36 Å². The molecule has 0 bridgehead atoms. The lowest BCUT2D eigenvalue weighted by molar-refractivity contribution is -0.274. The van der Waals surface area contributed by atoms with Gasteiger partial charge in [0.1, 0.15) is 12.4 Å². The maximum absolute atomic E-state index is 12.3. The molecule has 27 heavy (non-hydrogen) atoms. The fourth-order valence-electron chi connectivity index (χ4n) is 3.13. The molecule has 5 nitrogen and oxygen atoms in total. The van der Waals surface area contributed by atoms with Crippen LogP contribution in [0.15, 0.2) is 47.0 Å². The predicted octanol–water partition coefficient (Wildman–Crippen LogP) is 4.52. The molecule has 0 unspecified atom stereocenters. The number of rotatable bonds is 5. The van der Waals surface area contributed by atoms with Crippen molar-refractivity contribution in [3.63, 3.8) is 0 Å². The van der Waals surface area contributed by atoms with Crippen LogP contribution in [-0.2, 0) is 0 Å². The summed E-state index contributed by atoms with van der Waals surface area (Å²) in [5.41, 5.74) is 2.15. The van der Waals surface area contributed by atoms with E-state index in [1.54, 1.807) is 18.2 Å². The summed E-state index contributed by atoms with van der Waals surface area (Å²) in [5.74, 6) is 0.156. The van der Waals surface area contributed by atoms with E-state index in [0.717, 1.165) is 35.9 Å². The number of nitrogens with one attached hydrogen (secondary N) is 1. The quantitative estimate of drug-likeness (QED) is 0.707. The summed E-state index contributed by atoms with van der Waals surface area (Å²) >= 11 is 0. The second-order valence-electron chi connectivity index (χ2n) is 6.38. The van der Waals surface area contributed by atoms with Gasteiger partial charge < -0.3 is 19.3 Å². The van der Waals surface area contributed by atoms with Crippen molar-refractivity contribution in [3.05, 3.63) is 42.5 Å². The van der Waals surface area contributed by atoms with Gasteiger partial charge >= 0.3 is 6.36 Å². The highest BCUT2D eigenvalue weighted by molar-refractivity contribution is 5.87. The lowest BCUT2D eigenvalue weighted by Crippen LogP contribution is -2.28. The fourth-order valence-corrected chi connectivity index (χ4v) is 3.13. The maximum atomic E-state index is 12.3. The van der Waals surface area contributed by atoms with Crippen LogP contribution in [0.2, 0.25) is 0 Å². The molecule has 0 saturated carbocycles. The largest absolute Gasteiger partial charge is 0.573 e. The lowest BCUT2D eigenvalue weighted by atomic mass is 10.0. The number of benzene rings is 2. The molecule has 1 fully saturated rings. The van der Waals surface area contributed by atoms with Gasteiger partial charge in [-0.3, -0.25) is 0 Å². The van der Waals surface area contributed by atoms with E-state index in [-0.39, 0.29) is 5.75 Å². The third-order valence-electron chi connectivity index (χ3n) is 4.44. The summed E-state index contributed by atoms with van der Waals surface area (Å²) in [6.45, 7) is 1.50. The highest BCUT2D eigenvalue weighted by Gasteiger charge is 2.31. The molecule has 1 aliphatic rings. The third-order valence-corrected chi connectivity index (χ3v) is 4.44. The van der Waals surface area contributed by atoms with Crippen LogP contribution in [0.5, 0.6) is 11.6 Å². The van der Waals surface area contributed by atoms with Crippen LogP contribution < -0.4 is 14.8 Å². The number of halogens is 3. The number of ether oxygens (including phenoxy) is 2. The second kappa shape index (κ2) is 7.11. The van der Waals surface area contributed by atoms with Gasteiger partial charge in [0.25, 0.3) is 5.88 Å². The molecule has 0 spiro atoms. The third kappa shape index (κ3) is 4.16. The molecule has 1 atom stereocenters. The van der Waals surface area contributed by atoms with Crippen molar-refractivity contribution < 1.29 is 27.2 Å². The molecular weight excluding hydrogens is 361 g/mol. The Morgan fingerprint density at radius 1 is 1.11 bits per heavy atom. The van der Waals surface area contributed by atoms with E-state index in [1.165, 1.54) is 12.1 Å². The average Bonchev–Trinajstić information content (AvgIpc) is 3.28. The Balaban J connectivity index is 1.54. The normalized spacial score (nSPS) is 17.4. The Morgan fingerprint density at radius 2 is 1.89 bits per heavy atom. The minimum Gasteiger partial charge on any atom is -0.473 e. The lowest BCUT2D eigenvalue weighted by Gasteiger charge is -2.10. The Bertz CT molecular complexity index is 916. The summed E-state index contributed by atoms with van der Waals surface area (Å²) < 4.78 is 51.8. The Hall–Kier alpha value is -2.74. The SMILES string of the molecule is FC(F)(F)Oc1ccc(-c2ccc3onc(OC[C@H]4CCCN4)c3c2)cc1. The van der Waals surface area contributed by atoms with Crippen LogP contribution in [0.3, 0.4) is 0 Å². The van der Waals surface area contributed by atoms with Gasteiger partial charge in [-0.2, -0.15) is 0 Å². The van der Waals surface area contributed by atoms with Crippen LogP contribution in [0.4, 0.5) is 13.2 Å². The van der Waals surface area contributed by atoms with Crippen molar-refractivity contribution in [2.24, 2.45) is 0 Å².